The first-order valence-electron chi connectivity index (χ1n) is 9.99. The van der Waals surface area contributed by atoms with E-state index >= 15 is 4.39 Å². The molecule has 1 saturated heterocycles. The van der Waals surface area contributed by atoms with Crippen molar-refractivity contribution in [3.8, 4) is 0 Å². The lowest BCUT2D eigenvalue weighted by molar-refractivity contribution is 0.0695. The maximum atomic E-state index is 15.3. The first kappa shape index (κ1) is 21.0. The van der Waals surface area contributed by atoms with Crippen LogP contribution in [-0.2, 0) is 4.84 Å². The van der Waals surface area contributed by atoms with Crippen LogP contribution in [0.25, 0.3) is 11.0 Å². The number of anilines is 2. The smallest absolute Gasteiger partial charge is 0.341 e. The molecule has 10 nitrogen and oxygen atoms in total. The molecule has 2 aromatic heterocycles. The predicted molar refractivity (Wildman–Crippen MR) is 114 cm³/mol. The van der Waals surface area contributed by atoms with Crippen LogP contribution in [0.1, 0.15) is 29.2 Å². The normalized spacial score (nSPS) is 20.2. The molecule has 0 spiro atoms. The molecule has 2 aromatic rings. The van der Waals surface area contributed by atoms with Crippen LogP contribution >= 0.6 is 0 Å². The lowest BCUT2D eigenvalue weighted by Crippen LogP contribution is -2.28. The number of nitrogens with zero attached hydrogens (tertiary/aromatic N) is 5. The van der Waals surface area contributed by atoms with Gasteiger partial charge in [-0.05, 0) is 26.9 Å². The number of carboxylic acids is 1. The number of aromatic carboxylic acids is 1. The van der Waals surface area contributed by atoms with Gasteiger partial charge in [-0.2, -0.15) is 0 Å². The molecule has 0 radical (unpaired) electrons. The van der Waals surface area contributed by atoms with Gasteiger partial charge in [0, 0.05) is 31.2 Å². The summed E-state index contributed by atoms with van der Waals surface area (Å²) in [6.45, 7) is 1.45. The van der Waals surface area contributed by atoms with Gasteiger partial charge in [-0.3, -0.25) is 4.79 Å². The zero-order valence-corrected chi connectivity index (χ0v) is 17.6. The molecule has 3 heterocycles. The summed E-state index contributed by atoms with van der Waals surface area (Å²) in [7, 11) is 5.34. The van der Waals surface area contributed by atoms with E-state index in [1.807, 2.05) is 19.0 Å². The summed E-state index contributed by atoms with van der Waals surface area (Å²) in [5.41, 5.74) is 5.35. The van der Waals surface area contributed by atoms with Crippen molar-refractivity contribution in [2.45, 2.75) is 18.9 Å². The SMILES string of the molecule is CO/N=C1\CN(c2nc3c(c(N)c2F)c(=O)c(C(=O)O)cn3C2CC2)CC1CN(C)C. The highest BCUT2D eigenvalue weighted by molar-refractivity contribution is 5.98. The van der Waals surface area contributed by atoms with Crippen molar-refractivity contribution >= 4 is 34.2 Å². The molecule has 0 amide bonds. The number of aromatic nitrogens is 2. The Bertz CT molecular complexity index is 1140. The summed E-state index contributed by atoms with van der Waals surface area (Å²) < 4.78 is 17.0. The molecular formula is C20H25FN6O4. The monoisotopic (exact) mass is 432 g/mol. The third-order valence-corrected chi connectivity index (χ3v) is 5.65. The first-order valence-corrected chi connectivity index (χ1v) is 9.99. The first-order chi connectivity index (χ1) is 14.7. The van der Waals surface area contributed by atoms with Gasteiger partial charge in [0.05, 0.1) is 23.3 Å². The Hall–Kier alpha value is -3.21. The molecule has 1 atom stereocenters. The fourth-order valence-corrected chi connectivity index (χ4v) is 4.10. The summed E-state index contributed by atoms with van der Waals surface area (Å²) in [6.07, 6.45) is 2.94. The topological polar surface area (TPSA) is 126 Å². The number of hydrogen-bond acceptors (Lipinski definition) is 8. The highest BCUT2D eigenvalue weighted by atomic mass is 19.1. The van der Waals surface area contributed by atoms with Gasteiger partial charge < -0.3 is 30.0 Å². The van der Waals surface area contributed by atoms with Crippen LogP contribution in [0.15, 0.2) is 16.1 Å². The molecule has 3 N–H and O–H groups in total. The number of nitrogens with two attached hydrogens (primary N) is 1. The molecular weight excluding hydrogens is 407 g/mol. The van der Waals surface area contributed by atoms with Crippen molar-refractivity contribution in [2.24, 2.45) is 11.1 Å². The number of hydrogen-bond donors (Lipinski definition) is 2. The van der Waals surface area contributed by atoms with Gasteiger partial charge in [0.1, 0.15) is 18.3 Å². The fraction of sp³-hybridized carbons (Fsp3) is 0.500. The number of carboxylic acid groups (broad SMARTS) is 1. The van der Waals surface area contributed by atoms with Crippen LogP contribution in [0.2, 0.25) is 0 Å². The highest BCUT2D eigenvalue weighted by Gasteiger charge is 2.35. The van der Waals surface area contributed by atoms with Crippen LogP contribution in [0.4, 0.5) is 15.9 Å². The summed E-state index contributed by atoms with van der Waals surface area (Å²) in [6, 6.07) is 0.0112. The van der Waals surface area contributed by atoms with Crippen molar-refractivity contribution in [3.05, 3.63) is 27.8 Å². The third kappa shape index (κ3) is 3.69. The largest absolute Gasteiger partial charge is 0.477 e. The van der Waals surface area contributed by atoms with Gasteiger partial charge in [-0.15, -0.1) is 0 Å². The Kier molecular flexibility index (Phi) is 5.29. The molecule has 1 aliphatic heterocycles. The third-order valence-electron chi connectivity index (χ3n) is 5.65. The second kappa shape index (κ2) is 7.80. The lowest BCUT2D eigenvalue weighted by Gasteiger charge is -2.21. The molecule has 166 valence electrons. The average Bonchev–Trinajstić information content (AvgIpc) is 3.47. The minimum absolute atomic E-state index is 0.00748. The molecule has 1 saturated carbocycles. The molecule has 1 unspecified atom stereocenters. The summed E-state index contributed by atoms with van der Waals surface area (Å²) in [5, 5.41) is 13.3. The van der Waals surface area contributed by atoms with Crippen LogP contribution in [-0.4, -0.2) is 72.1 Å². The number of fused-ring (bicyclic) bond motifs is 1. The minimum Gasteiger partial charge on any atom is -0.477 e. The molecule has 0 aromatic carbocycles. The maximum absolute atomic E-state index is 15.3. The van der Waals surface area contributed by atoms with Crippen LogP contribution < -0.4 is 16.1 Å². The van der Waals surface area contributed by atoms with Crippen molar-refractivity contribution < 1.29 is 19.1 Å². The van der Waals surface area contributed by atoms with Crippen molar-refractivity contribution in [1.82, 2.24) is 14.5 Å². The van der Waals surface area contributed by atoms with E-state index in [-0.39, 0.29) is 34.5 Å². The van der Waals surface area contributed by atoms with E-state index in [1.165, 1.54) is 13.3 Å². The number of rotatable bonds is 6. The molecule has 0 bridgehead atoms. The molecule has 2 fully saturated rings. The lowest BCUT2D eigenvalue weighted by atomic mass is 10.1. The van der Waals surface area contributed by atoms with Gasteiger partial charge in [-0.1, -0.05) is 5.16 Å². The predicted octanol–water partition coefficient (Wildman–Crippen LogP) is 1.15. The Morgan fingerprint density at radius 1 is 1.45 bits per heavy atom. The second-order valence-electron chi connectivity index (χ2n) is 8.28. The number of pyridine rings is 2. The van der Waals surface area contributed by atoms with E-state index in [0.717, 1.165) is 18.6 Å². The summed E-state index contributed by atoms with van der Waals surface area (Å²) in [5.74, 6) is -2.19. The molecule has 4 rings (SSSR count). The van der Waals surface area contributed by atoms with Crippen LogP contribution in [0.5, 0.6) is 0 Å². The fourth-order valence-electron chi connectivity index (χ4n) is 4.10. The zero-order chi connectivity index (χ0) is 22.4. The summed E-state index contributed by atoms with van der Waals surface area (Å²) in [4.78, 5) is 37.5. The van der Waals surface area contributed by atoms with E-state index in [4.69, 9.17) is 10.6 Å². The molecule has 2 aliphatic rings. The Labute approximate surface area is 177 Å². The average molecular weight is 432 g/mol. The molecule has 11 heteroatoms. The second-order valence-corrected chi connectivity index (χ2v) is 8.28. The van der Waals surface area contributed by atoms with Gasteiger partial charge in [0.15, 0.2) is 11.6 Å². The van der Waals surface area contributed by atoms with Gasteiger partial charge in [0.2, 0.25) is 5.43 Å². The van der Waals surface area contributed by atoms with E-state index in [2.05, 4.69) is 10.1 Å². The zero-order valence-electron chi connectivity index (χ0n) is 17.6. The van der Waals surface area contributed by atoms with E-state index in [0.29, 0.717) is 19.6 Å². The van der Waals surface area contributed by atoms with Crippen molar-refractivity contribution in [3.63, 3.8) is 0 Å². The van der Waals surface area contributed by atoms with Crippen molar-refractivity contribution in [2.75, 3.05) is 51.5 Å². The van der Waals surface area contributed by atoms with Gasteiger partial charge in [0.25, 0.3) is 0 Å². The number of halogens is 1. The van der Waals surface area contributed by atoms with E-state index < -0.39 is 22.8 Å². The Morgan fingerprint density at radius 3 is 2.74 bits per heavy atom. The quantitative estimate of drug-likeness (QED) is 0.651. The van der Waals surface area contributed by atoms with Gasteiger partial charge in [-0.25, -0.2) is 14.2 Å². The number of carbonyl (C=O) groups is 1. The number of oxime groups is 1. The Morgan fingerprint density at radius 2 is 2.16 bits per heavy atom. The van der Waals surface area contributed by atoms with Gasteiger partial charge >= 0.3 is 5.97 Å². The van der Waals surface area contributed by atoms with Crippen LogP contribution in [0, 0.1) is 11.7 Å². The van der Waals surface area contributed by atoms with E-state index in [9.17, 15) is 14.7 Å². The standard InChI is InChI=1S/C20H25FN6O4/c1-25(2)6-10-7-26(9-13(10)24-31-3)19-15(21)16(22)14-17(28)12(20(29)30)8-27(11-4-5-11)18(14)23-19/h8,10-11H,4-7,9H2,1-3H3,(H2,22,23)(H,29,30)/b24-13+. The summed E-state index contributed by atoms with van der Waals surface area (Å²) >= 11 is 0. The van der Waals surface area contributed by atoms with E-state index in [1.54, 1.807) is 9.47 Å². The molecule has 31 heavy (non-hydrogen) atoms. The maximum Gasteiger partial charge on any atom is 0.341 e. The molecule has 1 aliphatic carbocycles. The highest BCUT2D eigenvalue weighted by Crippen LogP contribution is 2.39. The van der Waals surface area contributed by atoms with Crippen molar-refractivity contribution in [1.29, 1.82) is 0 Å². The minimum atomic E-state index is -1.38. The Balaban J connectivity index is 1.87. The number of nitrogen functional groups attached to an aromatic ring is 1. The van der Waals surface area contributed by atoms with Crippen LogP contribution in [0.3, 0.4) is 0 Å².